The first-order valence-electron chi connectivity index (χ1n) is 11.0. The number of nitrogens with zero attached hydrogens (tertiary/aromatic N) is 1. The Bertz CT molecular complexity index is 1220. The first kappa shape index (κ1) is 21.1. The summed E-state index contributed by atoms with van der Waals surface area (Å²) in [6.45, 7) is 3.48. The zero-order chi connectivity index (χ0) is 23.3. The van der Waals surface area contributed by atoms with Crippen molar-refractivity contribution in [2.45, 2.75) is 20.3 Å². The molecule has 0 unspecified atom stereocenters. The Labute approximate surface area is 191 Å². The molecule has 5 rings (SSSR count). The SMILES string of the molecule is CC1=C[C@H]2C[C@H]1[C@H]1C(=O)N(c3cccc(C(=O)OCC(=O)Nc4cccc(C)c4)c3)C(=O)[C@@H]12. The number of fused-ring (bicyclic) bond motifs is 5. The molecule has 0 radical (unpaired) electrons. The van der Waals surface area contributed by atoms with Crippen LogP contribution in [0.25, 0.3) is 0 Å². The third-order valence-corrected chi connectivity index (χ3v) is 6.86. The maximum absolute atomic E-state index is 13.1. The molecule has 1 saturated carbocycles. The van der Waals surface area contributed by atoms with Gasteiger partial charge in [-0.1, -0.05) is 29.8 Å². The lowest BCUT2D eigenvalue weighted by atomic mass is 9.82. The maximum atomic E-state index is 13.1. The predicted molar refractivity (Wildman–Crippen MR) is 121 cm³/mol. The lowest BCUT2D eigenvalue weighted by Crippen LogP contribution is -2.33. The summed E-state index contributed by atoms with van der Waals surface area (Å²) in [4.78, 5) is 52.1. The molecule has 2 bridgehead atoms. The van der Waals surface area contributed by atoms with Gasteiger partial charge in [0, 0.05) is 5.69 Å². The Balaban J connectivity index is 1.26. The lowest BCUT2D eigenvalue weighted by Gasteiger charge is -2.19. The number of benzene rings is 2. The summed E-state index contributed by atoms with van der Waals surface area (Å²) in [6.07, 6.45) is 2.99. The van der Waals surface area contributed by atoms with Gasteiger partial charge in [-0.2, -0.15) is 0 Å². The number of anilines is 2. The van der Waals surface area contributed by atoms with Crippen LogP contribution >= 0.6 is 0 Å². The predicted octanol–water partition coefficient (Wildman–Crippen LogP) is 3.49. The maximum Gasteiger partial charge on any atom is 0.338 e. The fourth-order valence-corrected chi connectivity index (χ4v) is 5.44. The molecule has 1 saturated heterocycles. The second kappa shape index (κ2) is 7.99. The lowest BCUT2D eigenvalue weighted by molar-refractivity contribution is -0.123. The molecule has 7 heteroatoms. The van der Waals surface area contributed by atoms with Gasteiger partial charge in [0.1, 0.15) is 0 Å². The van der Waals surface area contributed by atoms with E-state index < -0.39 is 18.5 Å². The van der Waals surface area contributed by atoms with Crippen molar-refractivity contribution >= 4 is 35.1 Å². The number of allylic oxidation sites excluding steroid dienone is 2. The smallest absolute Gasteiger partial charge is 0.338 e. The van der Waals surface area contributed by atoms with Crippen molar-refractivity contribution in [1.82, 2.24) is 0 Å². The van der Waals surface area contributed by atoms with Crippen LogP contribution in [-0.4, -0.2) is 30.3 Å². The van der Waals surface area contributed by atoms with E-state index in [0.29, 0.717) is 11.4 Å². The molecule has 3 aliphatic rings. The molecular weight excluding hydrogens is 420 g/mol. The van der Waals surface area contributed by atoms with E-state index in [4.69, 9.17) is 4.74 Å². The third-order valence-electron chi connectivity index (χ3n) is 6.86. The zero-order valence-electron chi connectivity index (χ0n) is 18.4. The molecule has 1 aliphatic heterocycles. The Morgan fingerprint density at radius 1 is 1.03 bits per heavy atom. The van der Waals surface area contributed by atoms with Crippen molar-refractivity contribution in [3.63, 3.8) is 0 Å². The summed E-state index contributed by atoms with van der Waals surface area (Å²) in [5.41, 5.74) is 3.33. The van der Waals surface area contributed by atoms with Crippen LogP contribution in [0.2, 0.25) is 0 Å². The highest BCUT2D eigenvalue weighted by molar-refractivity contribution is 6.23. The Morgan fingerprint density at radius 2 is 1.79 bits per heavy atom. The molecule has 1 N–H and O–H groups in total. The van der Waals surface area contributed by atoms with Crippen molar-refractivity contribution in [1.29, 1.82) is 0 Å². The van der Waals surface area contributed by atoms with Crippen LogP contribution in [0.15, 0.2) is 60.2 Å². The highest BCUT2D eigenvalue weighted by Gasteiger charge is 2.60. The van der Waals surface area contributed by atoms with Gasteiger partial charge in [0.05, 0.1) is 23.1 Å². The van der Waals surface area contributed by atoms with E-state index in [0.717, 1.165) is 12.0 Å². The van der Waals surface area contributed by atoms with Crippen molar-refractivity contribution in [3.8, 4) is 0 Å². The number of ether oxygens (including phenoxy) is 1. The van der Waals surface area contributed by atoms with Crippen molar-refractivity contribution < 1.29 is 23.9 Å². The monoisotopic (exact) mass is 444 g/mol. The van der Waals surface area contributed by atoms with E-state index in [9.17, 15) is 19.2 Å². The highest BCUT2D eigenvalue weighted by Crippen LogP contribution is 2.55. The van der Waals surface area contributed by atoms with Gasteiger partial charge in [-0.25, -0.2) is 9.69 Å². The second-order valence-corrected chi connectivity index (χ2v) is 9.02. The Hall–Kier alpha value is -3.74. The summed E-state index contributed by atoms with van der Waals surface area (Å²) in [6, 6.07) is 13.5. The number of imide groups is 1. The van der Waals surface area contributed by atoms with Gasteiger partial charge in [0.25, 0.3) is 5.91 Å². The molecule has 7 nitrogen and oxygen atoms in total. The third kappa shape index (κ3) is 3.63. The first-order chi connectivity index (χ1) is 15.8. The van der Waals surface area contributed by atoms with E-state index in [1.807, 2.05) is 32.0 Å². The summed E-state index contributed by atoms with van der Waals surface area (Å²) in [5, 5.41) is 2.68. The molecule has 1 heterocycles. The Kier molecular flexibility index (Phi) is 5.12. The minimum absolute atomic E-state index is 0.113. The number of nitrogens with one attached hydrogen (secondary N) is 1. The van der Waals surface area contributed by atoms with Crippen LogP contribution in [0.4, 0.5) is 11.4 Å². The molecule has 0 spiro atoms. The van der Waals surface area contributed by atoms with Crippen LogP contribution in [0.5, 0.6) is 0 Å². The van der Waals surface area contributed by atoms with E-state index in [1.165, 1.54) is 22.6 Å². The van der Waals surface area contributed by atoms with Gasteiger partial charge in [-0.3, -0.25) is 14.4 Å². The van der Waals surface area contributed by atoms with Crippen molar-refractivity contribution in [2.24, 2.45) is 23.7 Å². The van der Waals surface area contributed by atoms with Crippen LogP contribution in [0.3, 0.4) is 0 Å². The average molecular weight is 444 g/mol. The number of aryl methyl sites for hydroxylation is 1. The van der Waals surface area contributed by atoms with E-state index in [2.05, 4.69) is 11.4 Å². The molecule has 4 atom stereocenters. The number of amides is 3. The number of carbonyl (C=O) groups is 4. The fourth-order valence-electron chi connectivity index (χ4n) is 5.44. The number of hydrogen-bond acceptors (Lipinski definition) is 5. The topological polar surface area (TPSA) is 92.8 Å². The van der Waals surface area contributed by atoms with Gasteiger partial charge < -0.3 is 10.1 Å². The zero-order valence-corrected chi connectivity index (χ0v) is 18.4. The van der Waals surface area contributed by atoms with Crippen LogP contribution < -0.4 is 10.2 Å². The minimum atomic E-state index is -0.701. The molecule has 33 heavy (non-hydrogen) atoms. The highest BCUT2D eigenvalue weighted by atomic mass is 16.5. The molecule has 168 valence electrons. The van der Waals surface area contributed by atoms with Crippen LogP contribution in [-0.2, 0) is 19.1 Å². The molecule has 0 aromatic heterocycles. The van der Waals surface area contributed by atoms with Crippen molar-refractivity contribution in [2.75, 3.05) is 16.8 Å². The van der Waals surface area contributed by atoms with Gasteiger partial charge in [-0.05, 0) is 68.0 Å². The summed E-state index contributed by atoms with van der Waals surface area (Å²) >= 11 is 0. The Morgan fingerprint density at radius 3 is 2.58 bits per heavy atom. The van der Waals surface area contributed by atoms with E-state index >= 15 is 0 Å². The van der Waals surface area contributed by atoms with Gasteiger partial charge in [-0.15, -0.1) is 0 Å². The molecular formula is C26H24N2O5. The molecule has 2 aromatic carbocycles. The van der Waals surface area contributed by atoms with Gasteiger partial charge >= 0.3 is 5.97 Å². The standard InChI is InChI=1S/C26H24N2O5/c1-14-5-3-7-18(9-14)27-21(29)13-33-26(32)16-6-4-8-19(11-16)28-24(30)22-17-10-15(2)20(12-17)23(22)25(28)31/h3-11,17,20,22-23H,12-13H2,1-2H3,(H,27,29)/t17-,20+,22+,23+/m0/s1. The number of carbonyl (C=O) groups excluding carboxylic acids is 4. The van der Waals surface area contributed by atoms with Crippen LogP contribution in [0.1, 0.15) is 29.3 Å². The normalized spacial score (nSPS) is 25.2. The summed E-state index contributed by atoms with van der Waals surface area (Å²) in [7, 11) is 0. The largest absolute Gasteiger partial charge is 0.452 e. The van der Waals surface area contributed by atoms with Crippen molar-refractivity contribution in [3.05, 3.63) is 71.3 Å². The van der Waals surface area contributed by atoms with E-state index in [-0.39, 0.29) is 41.0 Å². The molecule has 2 aliphatic carbocycles. The quantitative estimate of drug-likeness (QED) is 0.433. The number of hydrogen-bond donors (Lipinski definition) is 1. The summed E-state index contributed by atoms with van der Waals surface area (Å²) in [5.74, 6) is -1.95. The number of rotatable bonds is 5. The first-order valence-corrected chi connectivity index (χ1v) is 11.0. The van der Waals surface area contributed by atoms with Gasteiger partial charge in [0.2, 0.25) is 11.8 Å². The van der Waals surface area contributed by atoms with E-state index in [1.54, 1.807) is 18.2 Å². The van der Waals surface area contributed by atoms with Crippen LogP contribution in [0, 0.1) is 30.6 Å². The fraction of sp³-hybridized carbons (Fsp3) is 0.308. The average Bonchev–Trinajstić information content (AvgIpc) is 3.42. The minimum Gasteiger partial charge on any atom is -0.452 e. The summed E-state index contributed by atoms with van der Waals surface area (Å²) < 4.78 is 5.15. The second-order valence-electron chi connectivity index (χ2n) is 9.02. The molecule has 2 aromatic rings. The molecule has 3 amide bonds. The number of esters is 1. The molecule has 2 fully saturated rings. The van der Waals surface area contributed by atoms with Gasteiger partial charge in [0.15, 0.2) is 6.61 Å².